The van der Waals surface area contributed by atoms with Gasteiger partial charge in [-0.1, -0.05) is 12.8 Å². The molecule has 1 saturated carbocycles. The maximum Gasteiger partial charge on any atom is 0.245 e. The third kappa shape index (κ3) is 3.89. The van der Waals surface area contributed by atoms with Gasteiger partial charge in [0.25, 0.3) is 0 Å². The first-order chi connectivity index (χ1) is 12.0. The molecule has 25 heavy (non-hydrogen) atoms. The summed E-state index contributed by atoms with van der Waals surface area (Å²) in [6, 6.07) is 7.67. The summed E-state index contributed by atoms with van der Waals surface area (Å²) in [5.74, 6) is 1.21. The van der Waals surface area contributed by atoms with Gasteiger partial charge in [-0.15, -0.1) is 0 Å². The van der Waals surface area contributed by atoms with E-state index >= 15 is 0 Å². The smallest absolute Gasteiger partial charge is 0.245 e. The van der Waals surface area contributed by atoms with Crippen molar-refractivity contribution < 1.29 is 14.3 Å². The molecule has 0 aromatic heterocycles. The minimum Gasteiger partial charge on any atom is -0.497 e. The van der Waals surface area contributed by atoms with Gasteiger partial charge in [0.05, 0.1) is 7.11 Å². The number of hydrogen-bond acceptors (Lipinski definition) is 4. The average molecular weight is 345 g/mol. The van der Waals surface area contributed by atoms with E-state index in [9.17, 15) is 9.59 Å². The molecule has 1 aliphatic carbocycles. The molecule has 1 heterocycles. The highest BCUT2D eigenvalue weighted by atomic mass is 16.5. The molecule has 6 nitrogen and oxygen atoms in total. The number of nitrogens with zero attached hydrogens (tertiary/aromatic N) is 1. The van der Waals surface area contributed by atoms with E-state index in [0.29, 0.717) is 13.0 Å². The summed E-state index contributed by atoms with van der Waals surface area (Å²) in [6.45, 7) is 1.28. The van der Waals surface area contributed by atoms with Crippen molar-refractivity contribution in [3.8, 4) is 5.75 Å². The van der Waals surface area contributed by atoms with Crippen molar-refractivity contribution in [1.29, 1.82) is 0 Å². The molecule has 0 spiro atoms. The minimum atomic E-state index is -0.552. The highest BCUT2D eigenvalue weighted by molar-refractivity contribution is 5.90. The molecule has 1 aliphatic heterocycles. The van der Waals surface area contributed by atoms with E-state index in [4.69, 9.17) is 4.74 Å². The topological polar surface area (TPSA) is 70.7 Å². The van der Waals surface area contributed by atoms with Crippen molar-refractivity contribution in [3.05, 3.63) is 24.3 Å². The van der Waals surface area contributed by atoms with Crippen LogP contribution in [0.1, 0.15) is 32.1 Å². The van der Waals surface area contributed by atoms with E-state index in [2.05, 4.69) is 10.6 Å². The van der Waals surface area contributed by atoms with Gasteiger partial charge in [-0.2, -0.15) is 0 Å². The van der Waals surface area contributed by atoms with Crippen LogP contribution in [0.25, 0.3) is 0 Å². The number of amides is 2. The monoisotopic (exact) mass is 345 g/mol. The number of rotatable bonds is 6. The first kappa shape index (κ1) is 17.6. The van der Waals surface area contributed by atoms with E-state index in [0.717, 1.165) is 43.7 Å². The SMILES string of the molecule is COc1ccc(NC2(C(=O)NCC3CC(=O)N(C)C3)CCCC2)cc1. The number of carbonyl (C=O) groups is 2. The van der Waals surface area contributed by atoms with Crippen LogP contribution in [0.15, 0.2) is 24.3 Å². The van der Waals surface area contributed by atoms with Crippen molar-refractivity contribution in [2.45, 2.75) is 37.6 Å². The van der Waals surface area contributed by atoms with Crippen LogP contribution < -0.4 is 15.4 Å². The minimum absolute atomic E-state index is 0.0443. The van der Waals surface area contributed by atoms with Gasteiger partial charge in [-0.3, -0.25) is 9.59 Å². The number of hydrogen-bond donors (Lipinski definition) is 2. The highest BCUT2D eigenvalue weighted by Crippen LogP contribution is 2.34. The van der Waals surface area contributed by atoms with Crippen molar-refractivity contribution in [3.63, 3.8) is 0 Å². The normalized spacial score (nSPS) is 22.1. The lowest BCUT2D eigenvalue weighted by molar-refractivity contribution is -0.127. The Labute approximate surface area is 148 Å². The Morgan fingerprint density at radius 3 is 2.52 bits per heavy atom. The summed E-state index contributed by atoms with van der Waals surface area (Å²) in [4.78, 5) is 26.3. The van der Waals surface area contributed by atoms with Gasteiger partial charge >= 0.3 is 0 Å². The van der Waals surface area contributed by atoms with Gasteiger partial charge in [0.2, 0.25) is 11.8 Å². The van der Waals surface area contributed by atoms with Crippen molar-refractivity contribution in [2.24, 2.45) is 5.92 Å². The largest absolute Gasteiger partial charge is 0.497 e. The number of carbonyl (C=O) groups excluding carboxylic acids is 2. The Morgan fingerprint density at radius 1 is 1.28 bits per heavy atom. The molecule has 2 fully saturated rings. The average Bonchev–Trinajstić information content (AvgIpc) is 3.21. The van der Waals surface area contributed by atoms with Crippen LogP contribution in [0.2, 0.25) is 0 Å². The number of methoxy groups -OCH3 is 1. The number of likely N-dealkylation sites (tertiary alicyclic amines) is 1. The zero-order chi connectivity index (χ0) is 17.9. The van der Waals surface area contributed by atoms with Crippen LogP contribution >= 0.6 is 0 Å². The van der Waals surface area contributed by atoms with Crippen LogP contribution in [0.4, 0.5) is 5.69 Å². The molecule has 1 unspecified atom stereocenters. The molecule has 3 rings (SSSR count). The molecule has 2 aliphatic rings. The molecule has 1 saturated heterocycles. The fourth-order valence-corrected chi connectivity index (χ4v) is 3.84. The summed E-state index contributed by atoms with van der Waals surface area (Å²) < 4.78 is 5.19. The lowest BCUT2D eigenvalue weighted by Crippen LogP contribution is -2.51. The van der Waals surface area contributed by atoms with Crippen molar-refractivity contribution in [1.82, 2.24) is 10.2 Å². The third-order valence-corrected chi connectivity index (χ3v) is 5.34. The van der Waals surface area contributed by atoms with Gasteiger partial charge in [0.1, 0.15) is 11.3 Å². The second-order valence-electron chi connectivity index (χ2n) is 7.20. The van der Waals surface area contributed by atoms with Crippen LogP contribution in [0, 0.1) is 5.92 Å². The molecule has 2 N–H and O–H groups in total. The molecule has 2 amide bonds. The van der Waals surface area contributed by atoms with Gasteiger partial charge in [-0.25, -0.2) is 0 Å². The molecule has 1 aromatic rings. The lowest BCUT2D eigenvalue weighted by atomic mass is 9.95. The first-order valence-corrected chi connectivity index (χ1v) is 8.97. The van der Waals surface area contributed by atoms with Crippen LogP contribution in [-0.4, -0.2) is 49.5 Å². The van der Waals surface area contributed by atoms with E-state index in [1.165, 1.54) is 0 Å². The second kappa shape index (κ2) is 7.33. The number of nitrogens with one attached hydrogen (secondary N) is 2. The highest BCUT2D eigenvalue weighted by Gasteiger charge is 2.41. The zero-order valence-electron chi connectivity index (χ0n) is 15.0. The molecule has 1 aromatic carbocycles. The van der Waals surface area contributed by atoms with Crippen molar-refractivity contribution in [2.75, 3.05) is 32.6 Å². The summed E-state index contributed by atoms with van der Waals surface area (Å²) in [6.07, 6.45) is 4.26. The Bertz CT molecular complexity index is 623. The molecule has 1 atom stereocenters. The fraction of sp³-hybridized carbons (Fsp3) is 0.579. The van der Waals surface area contributed by atoms with E-state index in [-0.39, 0.29) is 17.7 Å². The summed E-state index contributed by atoms with van der Waals surface area (Å²) in [5.41, 5.74) is 0.372. The van der Waals surface area contributed by atoms with Gasteiger partial charge < -0.3 is 20.3 Å². The Kier molecular flexibility index (Phi) is 5.16. The summed E-state index contributed by atoms with van der Waals surface area (Å²) in [5, 5.41) is 6.54. The predicted octanol–water partition coefficient (Wildman–Crippen LogP) is 2.01. The van der Waals surface area contributed by atoms with E-state index in [1.54, 1.807) is 12.0 Å². The maximum absolute atomic E-state index is 12.9. The van der Waals surface area contributed by atoms with Crippen molar-refractivity contribution >= 4 is 17.5 Å². The van der Waals surface area contributed by atoms with Crippen LogP contribution in [0.3, 0.4) is 0 Å². The Morgan fingerprint density at radius 2 is 1.96 bits per heavy atom. The predicted molar refractivity (Wildman–Crippen MR) is 96.6 cm³/mol. The number of anilines is 1. The second-order valence-corrected chi connectivity index (χ2v) is 7.20. The molecular weight excluding hydrogens is 318 g/mol. The standard InChI is InChI=1S/C19H27N3O3/c1-22-13-14(11-17(22)23)12-20-18(24)19(9-3-4-10-19)21-15-5-7-16(25-2)8-6-15/h5-8,14,21H,3-4,9-13H2,1-2H3,(H,20,24). The zero-order valence-corrected chi connectivity index (χ0v) is 15.0. The van der Waals surface area contributed by atoms with Gasteiger partial charge in [0.15, 0.2) is 0 Å². The Hall–Kier alpha value is -2.24. The fourth-order valence-electron chi connectivity index (χ4n) is 3.84. The van der Waals surface area contributed by atoms with E-state index < -0.39 is 5.54 Å². The third-order valence-electron chi connectivity index (χ3n) is 5.34. The molecule has 0 radical (unpaired) electrons. The summed E-state index contributed by atoms with van der Waals surface area (Å²) >= 11 is 0. The lowest BCUT2D eigenvalue weighted by Gasteiger charge is -2.30. The Balaban J connectivity index is 1.62. The quantitative estimate of drug-likeness (QED) is 0.827. The maximum atomic E-state index is 12.9. The van der Waals surface area contributed by atoms with E-state index in [1.807, 2.05) is 31.3 Å². The molecule has 6 heteroatoms. The number of ether oxygens (including phenoxy) is 1. The van der Waals surface area contributed by atoms with Gasteiger partial charge in [0, 0.05) is 38.2 Å². The first-order valence-electron chi connectivity index (χ1n) is 8.97. The van der Waals surface area contributed by atoms with Crippen LogP contribution in [0.5, 0.6) is 5.75 Å². The summed E-state index contributed by atoms with van der Waals surface area (Å²) in [7, 11) is 3.45. The van der Waals surface area contributed by atoms with Crippen LogP contribution in [-0.2, 0) is 9.59 Å². The molecule has 0 bridgehead atoms. The number of benzene rings is 1. The molecular formula is C19H27N3O3. The van der Waals surface area contributed by atoms with Gasteiger partial charge in [-0.05, 0) is 37.1 Å². The molecule has 136 valence electrons.